The number of nitro benzene ring substituents is 1. The second kappa shape index (κ2) is 6.53. The number of ether oxygens (including phenoxy) is 2. The summed E-state index contributed by atoms with van der Waals surface area (Å²) in [6.07, 6.45) is 0. The monoisotopic (exact) mass is 338 g/mol. The van der Waals surface area contributed by atoms with E-state index in [0.717, 1.165) is 12.1 Å². The van der Waals surface area contributed by atoms with E-state index in [0.29, 0.717) is 5.75 Å². The number of sulfonamides is 1. The SMILES string of the molecule is COc1ccc(NS(=O)(=O)c2ccc(OC)cc2[N+](=O)[O-])cc1. The molecule has 0 spiro atoms. The van der Waals surface area contributed by atoms with Gasteiger partial charge in [0.05, 0.1) is 25.2 Å². The molecule has 23 heavy (non-hydrogen) atoms. The number of nitrogens with one attached hydrogen (secondary N) is 1. The Bertz CT molecular complexity index is 818. The normalized spacial score (nSPS) is 10.9. The van der Waals surface area contributed by atoms with Gasteiger partial charge in [-0.3, -0.25) is 14.8 Å². The molecule has 2 aromatic carbocycles. The Morgan fingerprint density at radius 2 is 1.57 bits per heavy atom. The Labute approximate surface area is 132 Å². The van der Waals surface area contributed by atoms with Crippen molar-refractivity contribution in [2.45, 2.75) is 4.90 Å². The lowest BCUT2D eigenvalue weighted by Gasteiger charge is -2.10. The molecule has 0 radical (unpaired) electrons. The van der Waals surface area contributed by atoms with Gasteiger partial charge in [-0.15, -0.1) is 0 Å². The van der Waals surface area contributed by atoms with Crippen molar-refractivity contribution in [1.29, 1.82) is 0 Å². The number of nitrogens with zero attached hydrogens (tertiary/aromatic N) is 1. The molecule has 122 valence electrons. The highest BCUT2D eigenvalue weighted by Crippen LogP contribution is 2.30. The Morgan fingerprint density at radius 3 is 2.09 bits per heavy atom. The van der Waals surface area contributed by atoms with Crippen LogP contribution < -0.4 is 14.2 Å². The van der Waals surface area contributed by atoms with E-state index in [-0.39, 0.29) is 11.4 Å². The van der Waals surface area contributed by atoms with Crippen molar-refractivity contribution in [3.05, 3.63) is 52.6 Å². The van der Waals surface area contributed by atoms with Crippen molar-refractivity contribution in [3.63, 3.8) is 0 Å². The zero-order chi connectivity index (χ0) is 17.0. The lowest BCUT2D eigenvalue weighted by Crippen LogP contribution is -2.14. The summed E-state index contributed by atoms with van der Waals surface area (Å²) in [4.78, 5) is 9.90. The third-order valence-electron chi connectivity index (χ3n) is 2.99. The highest BCUT2D eigenvalue weighted by Gasteiger charge is 2.26. The Hall–Kier alpha value is -2.81. The molecule has 0 bridgehead atoms. The summed E-state index contributed by atoms with van der Waals surface area (Å²) in [7, 11) is -1.30. The van der Waals surface area contributed by atoms with Crippen LogP contribution in [0.15, 0.2) is 47.4 Å². The Kier molecular flexibility index (Phi) is 4.70. The first-order valence-electron chi connectivity index (χ1n) is 6.36. The summed E-state index contributed by atoms with van der Waals surface area (Å²) >= 11 is 0. The second-order valence-electron chi connectivity index (χ2n) is 4.42. The fourth-order valence-corrected chi connectivity index (χ4v) is 3.08. The lowest BCUT2D eigenvalue weighted by molar-refractivity contribution is -0.387. The highest BCUT2D eigenvalue weighted by molar-refractivity contribution is 7.92. The van der Waals surface area contributed by atoms with Gasteiger partial charge in [-0.1, -0.05) is 0 Å². The van der Waals surface area contributed by atoms with Crippen LogP contribution in [0.5, 0.6) is 11.5 Å². The number of anilines is 1. The second-order valence-corrected chi connectivity index (χ2v) is 6.08. The molecule has 0 aromatic heterocycles. The predicted molar refractivity (Wildman–Crippen MR) is 83.5 cm³/mol. The quantitative estimate of drug-likeness (QED) is 0.640. The van der Waals surface area contributed by atoms with Crippen LogP contribution in [0.25, 0.3) is 0 Å². The maximum absolute atomic E-state index is 12.4. The minimum absolute atomic E-state index is 0.195. The zero-order valence-electron chi connectivity index (χ0n) is 12.3. The standard InChI is InChI=1S/C14H14N2O6S/c1-21-11-5-3-10(4-6-11)15-23(19,20)14-8-7-12(22-2)9-13(14)16(17)18/h3-9,15H,1-2H3. The van der Waals surface area contributed by atoms with Crippen LogP contribution in [0.1, 0.15) is 0 Å². The summed E-state index contributed by atoms with van der Waals surface area (Å²) in [5.74, 6) is 0.753. The first-order chi connectivity index (χ1) is 10.9. The van der Waals surface area contributed by atoms with Crippen LogP contribution in [0.2, 0.25) is 0 Å². The molecule has 0 fully saturated rings. The molecule has 2 rings (SSSR count). The van der Waals surface area contributed by atoms with Gasteiger partial charge in [0.1, 0.15) is 11.5 Å². The fraction of sp³-hybridized carbons (Fsp3) is 0.143. The third-order valence-corrected chi connectivity index (χ3v) is 4.42. The lowest BCUT2D eigenvalue weighted by atomic mass is 10.3. The van der Waals surface area contributed by atoms with E-state index in [9.17, 15) is 18.5 Å². The number of rotatable bonds is 6. The molecular formula is C14H14N2O6S. The van der Waals surface area contributed by atoms with E-state index >= 15 is 0 Å². The van der Waals surface area contributed by atoms with Crippen LogP contribution in [0.4, 0.5) is 11.4 Å². The van der Waals surface area contributed by atoms with Gasteiger partial charge in [0.15, 0.2) is 4.90 Å². The van der Waals surface area contributed by atoms with E-state index in [2.05, 4.69) is 4.72 Å². The molecule has 0 amide bonds. The van der Waals surface area contributed by atoms with Gasteiger partial charge in [0, 0.05) is 5.69 Å². The molecule has 8 nitrogen and oxygen atoms in total. The maximum Gasteiger partial charge on any atom is 0.293 e. The van der Waals surface area contributed by atoms with Gasteiger partial charge in [0.2, 0.25) is 0 Å². The average molecular weight is 338 g/mol. The zero-order valence-corrected chi connectivity index (χ0v) is 13.2. The van der Waals surface area contributed by atoms with Crippen LogP contribution in [-0.2, 0) is 10.0 Å². The van der Waals surface area contributed by atoms with Gasteiger partial charge in [-0.2, -0.15) is 0 Å². The summed E-state index contributed by atoms with van der Waals surface area (Å²) in [5.41, 5.74) is -0.304. The molecule has 0 aliphatic heterocycles. The van der Waals surface area contributed by atoms with E-state index in [4.69, 9.17) is 9.47 Å². The van der Waals surface area contributed by atoms with Crippen molar-refractivity contribution in [1.82, 2.24) is 0 Å². The third kappa shape index (κ3) is 3.69. The number of benzene rings is 2. The smallest absolute Gasteiger partial charge is 0.293 e. The highest BCUT2D eigenvalue weighted by atomic mass is 32.2. The molecule has 0 heterocycles. The van der Waals surface area contributed by atoms with Crippen LogP contribution in [0.3, 0.4) is 0 Å². The van der Waals surface area contributed by atoms with E-state index in [1.54, 1.807) is 12.1 Å². The van der Waals surface area contributed by atoms with Crippen molar-refractivity contribution >= 4 is 21.4 Å². The van der Waals surface area contributed by atoms with Crippen molar-refractivity contribution < 1.29 is 22.8 Å². The van der Waals surface area contributed by atoms with Crippen molar-refractivity contribution in [2.75, 3.05) is 18.9 Å². The molecule has 2 aromatic rings. The predicted octanol–water partition coefficient (Wildman–Crippen LogP) is 2.41. The minimum Gasteiger partial charge on any atom is -0.497 e. The van der Waals surface area contributed by atoms with Crippen molar-refractivity contribution in [2.24, 2.45) is 0 Å². The fourth-order valence-electron chi connectivity index (χ4n) is 1.86. The number of hydrogen-bond acceptors (Lipinski definition) is 6. The van der Waals surface area contributed by atoms with E-state index in [1.165, 1.54) is 32.4 Å². The molecule has 0 aliphatic carbocycles. The molecule has 0 aliphatic rings. The minimum atomic E-state index is -4.12. The summed E-state index contributed by atoms with van der Waals surface area (Å²) in [5, 5.41) is 11.1. The van der Waals surface area contributed by atoms with Gasteiger partial charge in [-0.25, -0.2) is 8.42 Å². The Balaban J connectivity index is 2.40. The van der Waals surface area contributed by atoms with Crippen LogP contribution in [-0.4, -0.2) is 27.6 Å². The summed E-state index contributed by atoms with van der Waals surface area (Å²) < 4.78 is 36.9. The molecule has 0 saturated heterocycles. The number of nitro groups is 1. The largest absolute Gasteiger partial charge is 0.497 e. The first kappa shape index (κ1) is 16.6. The molecule has 1 N–H and O–H groups in total. The summed E-state index contributed by atoms with van der Waals surface area (Å²) in [6.45, 7) is 0. The van der Waals surface area contributed by atoms with Gasteiger partial charge < -0.3 is 9.47 Å². The average Bonchev–Trinajstić information content (AvgIpc) is 2.54. The van der Waals surface area contributed by atoms with E-state index < -0.39 is 25.5 Å². The first-order valence-corrected chi connectivity index (χ1v) is 7.85. The van der Waals surface area contributed by atoms with Crippen LogP contribution >= 0.6 is 0 Å². The number of hydrogen-bond donors (Lipinski definition) is 1. The van der Waals surface area contributed by atoms with Crippen LogP contribution in [0, 0.1) is 10.1 Å². The van der Waals surface area contributed by atoms with Gasteiger partial charge in [0.25, 0.3) is 15.7 Å². The van der Waals surface area contributed by atoms with Gasteiger partial charge >= 0.3 is 0 Å². The topological polar surface area (TPSA) is 108 Å². The molecule has 0 saturated carbocycles. The molecular weight excluding hydrogens is 324 g/mol. The molecule has 0 unspecified atom stereocenters. The summed E-state index contributed by atoms with van der Waals surface area (Å²) in [6, 6.07) is 9.65. The molecule has 0 atom stereocenters. The maximum atomic E-state index is 12.4. The number of methoxy groups -OCH3 is 2. The Morgan fingerprint density at radius 1 is 1.00 bits per heavy atom. The van der Waals surface area contributed by atoms with Gasteiger partial charge in [-0.05, 0) is 36.4 Å². The van der Waals surface area contributed by atoms with Crippen molar-refractivity contribution in [3.8, 4) is 11.5 Å². The molecule has 9 heteroatoms. The van der Waals surface area contributed by atoms with E-state index in [1.807, 2.05) is 0 Å².